The summed E-state index contributed by atoms with van der Waals surface area (Å²) in [7, 11) is 0. The predicted octanol–water partition coefficient (Wildman–Crippen LogP) is -2.08. The molecule has 33 heavy (non-hydrogen) atoms. The Kier molecular flexibility index (Phi) is 10.0. The molecule has 1 unspecified atom stereocenters. The molecule has 7 N–H and O–H groups in total. The maximum atomic E-state index is 12.0. The molecule has 0 saturated carbocycles. The molecule has 0 saturated heterocycles. The molecule has 12 heteroatoms. The van der Waals surface area contributed by atoms with Crippen LogP contribution in [0.4, 0.5) is 5.82 Å². The summed E-state index contributed by atoms with van der Waals surface area (Å²) in [5.74, 6) is 5.93. The largest absolute Gasteiger partial charge is 1.00 e. The van der Waals surface area contributed by atoms with Gasteiger partial charge in [-0.05, 0) is 24.5 Å². The number of rotatable bonds is 6. The van der Waals surface area contributed by atoms with Gasteiger partial charge in [-0.2, -0.15) is 6.42 Å². The maximum absolute atomic E-state index is 12.0. The summed E-state index contributed by atoms with van der Waals surface area (Å²) in [5.41, 5.74) is 10.5. The molecule has 0 bridgehead atoms. The van der Waals surface area contributed by atoms with Crippen LogP contribution in [0.5, 0.6) is 0 Å². The number of amidine groups is 1. The Labute approximate surface area is 213 Å². The Morgan fingerprint density at radius 2 is 2.09 bits per heavy atom. The molecule has 0 radical (unpaired) electrons. The molecule has 0 aliphatic heterocycles. The van der Waals surface area contributed by atoms with Crippen molar-refractivity contribution >= 4 is 22.8 Å². The van der Waals surface area contributed by atoms with Gasteiger partial charge in [0.25, 0.3) is 5.56 Å². The van der Waals surface area contributed by atoms with Crippen LogP contribution in [0.15, 0.2) is 64.9 Å². The minimum absolute atomic E-state index is 0. The first-order chi connectivity index (χ1) is 15.5. The van der Waals surface area contributed by atoms with Crippen molar-refractivity contribution in [2.45, 2.75) is 12.5 Å². The monoisotopic (exact) mass is 454 g/mol. The number of hydrazone groups is 1. The van der Waals surface area contributed by atoms with Crippen molar-refractivity contribution < 1.29 is 29.6 Å². The molecule has 4 aromatic rings. The first-order valence-electron chi connectivity index (χ1n) is 9.55. The van der Waals surface area contributed by atoms with Crippen LogP contribution in [-0.2, 0) is 0 Å². The zero-order valence-electron chi connectivity index (χ0n) is 18.2. The fraction of sp³-hybridized carbons (Fsp3) is 0.0952. The summed E-state index contributed by atoms with van der Waals surface area (Å²) in [6.07, 6.45) is 8.11. The van der Waals surface area contributed by atoms with Crippen molar-refractivity contribution in [3.05, 3.63) is 91.1 Å². The van der Waals surface area contributed by atoms with E-state index in [9.17, 15) is 4.79 Å². The number of pyridine rings is 3. The van der Waals surface area contributed by atoms with E-state index in [0.717, 1.165) is 11.2 Å². The van der Waals surface area contributed by atoms with E-state index in [0.29, 0.717) is 23.5 Å². The van der Waals surface area contributed by atoms with E-state index in [1.807, 2.05) is 12.1 Å². The van der Waals surface area contributed by atoms with Gasteiger partial charge in [0.05, 0.1) is 11.9 Å². The number of H-pyrrole nitrogens is 1. The Morgan fingerprint density at radius 3 is 2.76 bits per heavy atom. The van der Waals surface area contributed by atoms with Crippen molar-refractivity contribution in [3.63, 3.8) is 0 Å². The number of hydrogen-bond donors (Lipinski definition) is 5. The number of hydrazine groups is 1. The van der Waals surface area contributed by atoms with Gasteiger partial charge in [0, 0.05) is 29.7 Å². The molecule has 4 heterocycles. The van der Waals surface area contributed by atoms with Crippen LogP contribution >= 0.6 is 0 Å². The Balaban J connectivity index is 0.000000319. The fourth-order valence-corrected chi connectivity index (χ4v) is 2.59. The summed E-state index contributed by atoms with van der Waals surface area (Å²) in [6, 6.07) is 10.2. The number of anilines is 1. The number of nitrogens with zero attached hydrogens (tertiary/aromatic N) is 5. The Hall–Kier alpha value is -3.25. The van der Waals surface area contributed by atoms with Crippen molar-refractivity contribution in [2.24, 2.45) is 16.7 Å². The van der Waals surface area contributed by atoms with Crippen LogP contribution < -0.4 is 57.5 Å². The zero-order valence-corrected chi connectivity index (χ0v) is 20.2. The summed E-state index contributed by atoms with van der Waals surface area (Å²) in [4.78, 5) is 26.9. The third-order valence-electron chi connectivity index (χ3n) is 4.26. The van der Waals surface area contributed by atoms with Gasteiger partial charge in [0.2, 0.25) is 0 Å². The quantitative estimate of drug-likeness (QED) is 0.0553. The van der Waals surface area contributed by atoms with E-state index in [2.05, 4.69) is 56.1 Å². The number of nitrogens with one attached hydrogen (secondary N) is 3. The minimum atomic E-state index is -0.211. The smallest absolute Gasteiger partial charge is 0.446 e. The molecule has 4 rings (SSSR count). The molecule has 11 nitrogen and oxygen atoms in total. The fourth-order valence-electron chi connectivity index (χ4n) is 2.59. The molecule has 166 valence electrons. The molecule has 0 aliphatic carbocycles. The van der Waals surface area contributed by atoms with Crippen molar-refractivity contribution in [1.82, 2.24) is 30.0 Å². The van der Waals surface area contributed by atoms with Crippen LogP contribution in [0.3, 0.4) is 0 Å². The van der Waals surface area contributed by atoms with Crippen LogP contribution in [-0.4, -0.2) is 36.4 Å². The van der Waals surface area contributed by atoms with E-state index in [1.165, 1.54) is 10.6 Å². The number of imidazole rings is 1. The summed E-state index contributed by atoms with van der Waals surface area (Å²) in [6.45, 7) is 7.65. The van der Waals surface area contributed by atoms with Gasteiger partial charge >= 0.3 is 29.6 Å². The number of hydrogen-bond acceptors (Lipinski definition) is 8. The van der Waals surface area contributed by atoms with Crippen LogP contribution in [0.25, 0.3) is 16.9 Å². The van der Waals surface area contributed by atoms with Crippen molar-refractivity contribution in [2.75, 3.05) is 5.32 Å². The van der Waals surface area contributed by atoms with Gasteiger partial charge in [-0.1, -0.05) is 17.6 Å². The third-order valence-corrected chi connectivity index (χ3v) is 4.26. The predicted molar refractivity (Wildman–Crippen MR) is 123 cm³/mol. The van der Waals surface area contributed by atoms with E-state index >= 15 is 0 Å². The molecule has 0 spiro atoms. The SMILES string of the molecule is [CH2-]CC([CH2-])Nc1ccc(-n2cc(/C(N)=N/NN)ccc2=O)cn1.[Na+].[c-]1nc2cccnc2[nH]1. The van der Waals surface area contributed by atoms with E-state index < -0.39 is 0 Å². The van der Waals surface area contributed by atoms with Gasteiger partial charge in [0.15, 0.2) is 5.84 Å². The molecule has 0 aromatic carbocycles. The normalized spacial score (nSPS) is 11.7. The topological polar surface area (TPSA) is 165 Å². The van der Waals surface area contributed by atoms with Crippen LogP contribution in [0.2, 0.25) is 0 Å². The number of aromatic nitrogens is 5. The van der Waals surface area contributed by atoms with Gasteiger partial charge < -0.3 is 39.8 Å². The van der Waals surface area contributed by atoms with Crippen LogP contribution in [0.1, 0.15) is 12.0 Å². The van der Waals surface area contributed by atoms with Crippen molar-refractivity contribution in [3.8, 4) is 5.69 Å². The first-order valence-corrected chi connectivity index (χ1v) is 9.55. The van der Waals surface area contributed by atoms with Gasteiger partial charge in [-0.3, -0.25) is 9.36 Å². The Morgan fingerprint density at radius 1 is 1.27 bits per heavy atom. The maximum Gasteiger partial charge on any atom is 1.00 e. The summed E-state index contributed by atoms with van der Waals surface area (Å²) in [5, 5.41) is 6.78. The molecule has 0 fully saturated rings. The molecular formula is C21H23N10NaO-2. The molecule has 0 amide bonds. The average molecular weight is 454 g/mol. The van der Waals surface area contributed by atoms with E-state index in [-0.39, 0.29) is 47.0 Å². The second kappa shape index (κ2) is 12.7. The minimum Gasteiger partial charge on any atom is -0.446 e. The molecular weight excluding hydrogens is 431 g/mol. The number of fused-ring (bicyclic) bond motifs is 1. The van der Waals surface area contributed by atoms with E-state index in [4.69, 9.17) is 11.6 Å². The third kappa shape index (κ3) is 7.12. The first kappa shape index (κ1) is 26.0. The average Bonchev–Trinajstić information content (AvgIpc) is 3.29. The van der Waals surface area contributed by atoms with Crippen LogP contribution in [0, 0.1) is 20.2 Å². The van der Waals surface area contributed by atoms with Gasteiger partial charge in [-0.15, -0.1) is 11.1 Å². The second-order valence-electron chi connectivity index (χ2n) is 6.50. The molecule has 4 aromatic heterocycles. The number of nitrogens with two attached hydrogens (primary N) is 2. The number of aromatic amines is 1. The van der Waals surface area contributed by atoms with E-state index in [1.54, 1.807) is 36.8 Å². The van der Waals surface area contributed by atoms with Gasteiger partial charge in [-0.25, -0.2) is 16.4 Å². The second-order valence-corrected chi connectivity index (χ2v) is 6.50. The summed E-state index contributed by atoms with van der Waals surface area (Å²) < 4.78 is 1.42. The summed E-state index contributed by atoms with van der Waals surface area (Å²) >= 11 is 0. The zero-order chi connectivity index (χ0) is 22.9. The molecule has 1 atom stereocenters. The standard InChI is InChI=1S/C15H19N7O.C6H4N3.Na/c1-3-10(2)19-13-6-5-12(8-18-13)22-9-11(4-7-14(22)23)15(16)20-21-17;1-2-5-6(7-3-1)9-4-8-5;/h4-10,21H,1-3,17H2,(H2,16,20)(H,18,19);1-3H,(H,7,8,9);/q-2;-1;+1. The Bertz CT molecular complexity index is 1210. The molecule has 0 aliphatic rings. The van der Waals surface area contributed by atoms with Crippen molar-refractivity contribution in [1.29, 1.82) is 0 Å². The van der Waals surface area contributed by atoms with Gasteiger partial charge in [0.1, 0.15) is 5.82 Å².